The van der Waals surface area contributed by atoms with Crippen LogP contribution in [0.25, 0.3) is 64.6 Å². The number of hydrogen-bond donors (Lipinski definition) is 3. The van der Waals surface area contributed by atoms with E-state index in [1.165, 1.54) is 25.0 Å². The van der Waals surface area contributed by atoms with Gasteiger partial charge in [-0.2, -0.15) is 0 Å². The molecule has 0 bridgehead atoms. The molecule has 0 saturated carbocycles. The molecule has 0 amide bonds. The summed E-state index contributed by atoms with van der Waals surface area (Å²) in [6, 6.07) is 14.4. The van der Waals surface area contributed by atoms with Crippen LogP contribution in [-0.4, -0.2) is 41.4 Å². The summed E-state index contributed by atoms with van der Waals surface area (Å²) in [7, 11) is 0. The minimum atomic E-state index is -0.277. The quantitative estimate of drug-likeness (QED) is 0.0793. The van der Waals surface area contributed by atoms with Crippen LogP contribution in [0, 0.1) is 5.82 Å². The minimum absolute atomic E-state index is 0.212. The largest absolute Gasteiger partial charge is 0.397 e. The maximum atomic E-state index is 13.5. The highest BCUT2D eigenvalue weighted by Gasteiger charge is 2.20. The number of halogens is 1. The summed E-state index contributed by atoms with van der Waals surface area (Å²) in [5.41, 5.74) is 26.5. The molecule has 8 aromatic rings. The van der Waals surface area contributed by atoms with Crippen molar-refractivity contribution in [1.29, 1.82) is 0 Å². The Hall–Kier alpha value is -4.67. The number of thioether (sulfide) groups is 2. The van der Waals surface area contributed by atoms with Gasteiger partial charge < -0.3 is 17.2 Å². The molecule has 8 rings (SSSR count). The van der Waals surface area contributed by atoms with Gasteiger partial charge in [0.1, 0.15) is 20.5 Å². The molecular weight excluding hydrogens is 834 g/mol. The zero-order chi connectivity index (χ0) is 42.3. The third kappa shape index (κ3) is 11.1. The van der Waals surface area contributed by atoms with E-state index in [4.69, 9.17) is 27.2 Å². The van der Waals surface area contributed by atoms with E-state index >= 15 is 0 Å². The first-order chi connectivity index (χ1) is 28.8. The van der Waals surface area contributed by atoms with E-state index in [0.717, 1.165) is 109 Å². The Labute approximate surface area is 366 Å². The van der Waals surface area contributed by atoms with Crippen molar-refractivity contribution in [2.75, 3.05) is 28.7 Å². The van der Waals surface area contributed by atoms with Crippen molar-refractivity contribution < 1.29 is 4.39 Å². The number of nitrogens with zero attached hydrogens (tertiary/aromatic N) is 6. The fourth-order valence-electron chi connectivity index (χ4n) is 5.70. The number of fused-ring (bicyclic) bond motifs is 2. The summed E-state index contributed by atoms with van der Waals surface area (Å²) in [5.74, 6) is 2.03. The second-order valence-corrected chi connectivity index (χ2v) is 18.0. The Morgan fingerprint density at radius 1 is 0.644 bits per heavy atom. The first-order valence-electron chi connectivity index (χ1n) is 19.7. The Kier molecular flexibility index (Phi) is 17.4. The van der Waals surface area contributed by atoms with Crippen molar-refractivity contribution in [3.63, 3.8) is 0 Å². The van der Waals surface area contributed by atoms with Crippen LogP contribution < -0.4 is 17.2 Å². The second kappa shape index (κ2) is 22.6. The van der Waals surface area contributed by atoms with Crippen molar-refractivity contribution >= 4 is 95.3 Å². The second-order valence-electron chi connectivity index (χ2n) is 12.4. The molecule has 0 radical (unpaired) electrons. The Balaban J connectivity index is 0.000000208. The van der Waals surface area contributed by atoms with Gasteiger partial charge >= 0.3 is 0 Å². The van der Waals surface area contributed by atoms with E-state index in [1.807, 2.05) is 75.4 Å². The molecule has 0 aliphatic heterocycles. The van der Waals surface area contributed by atoms with Gasteiger partial charge in [-0.25, -0.2) is 29.3 Å². The molecule has 7 heterocycles. The highest BCUT2D eigenvalue weighted by atomic mass is 32.2. The topological polar surface area (TPSA) is 155 Å². The molecule has 0 aliphatic carbocycles. The summed E-state index contributed by atoms with van der Waals surface area (Å²) in [6.45, 7) is 12.4. The fraction of sp³-hybridized carbons (Fsp3) is 0.273. The molecule has 0 fully saturated rings. The summed E-state index contributed by atoms with van der Waals surface area (Å²) in [4.78, 5) is 28.4. The van der Waals surface area contributed by atoms with E-state index in [-0.39, 0.29) is 11.8 Å². The van der Waals surface area contributed by atoms with Gasteiger partial charge in [0.25, 0.3) is 0 Å². The summed E-state index contributed by atoms with van der Waals surface area (Å²) >= 11 is 8.47. The van der Waals surface area contributed by atoms with Gasteiger partial charge in [-0.1, -0.05) is 66.5 Å². The van der Waals surface area contributed by atoms with Crippen LogP contribution in [-0.2, 0) is 0 Å². The van der Waals surface area contributed by atoms with Crippen LogP contribution in [0.4, 0.5) is 21.7 Å². The van der Waals surface area contributed by atoms with Gasteiger partial charge in [0.15, 0.2) is 0 Å². The number of unbranched alkanes of at least 4 members (excludes halogenated alkanes) is 2. The number of nitrogen functional groups attached to an aromatic ring is 3. The van der Waals surface area contributed by atoms with Gasteiger partial charge in [-0.15, -0.1) is 57.5 Å². The SMILES string of the molecule is CC.CC.CCCCSc1sc2nc(-c3cccnc3)cc(-c3nccs3)c2c1N.CCCCSc1sc2nc(-c3cnc(N)nc3)cc(-c3ccc(F)cc3)c2c1N. The predicted molar refractivity (Wildman–Crippen MR) is 257 cm³/mol. The number of anilines is 3. The number of aromatic nitrogens is 6. The van der Waals surface area contributed by atoms with Crippen molar-refractivity contribution in [3.8, 4) is 44.2 Å². The Morgan fingerprint density at radius 2 is 1.20 bits per heavy atom. The van der Waals surface area contributed by atoms with Crippen LogP contribution in [0.1, 0.15) is 67.2 Å². The zero-order valence-electron chi connectivity index (χ0n) is 34.2. The molecule has 7 aromatic heterocycles. The van der Waals surface area contributed by atoms with Crippen molar-refractivity contribution in [2.45, 2.75) is 75.6 Å². The van der Waals surface area contributed by atoms with Gasteiger partial charge in [0.05, 0.1) is 31.2 Å². The lowest BCUT2D eigenvalue weighted by molar-refractivity contribution is 0.628. The monoisotopic (exact) mass is 883 g/mol. The zero-order valence-corrected chi connectivity index (χ0v) is 38.2. The smallest absolute Gasteiger partial charge is 0.219 e. The van der Waals surface area contributed by atoms with Crippen LogP contribution in [0.5, 0.6) is 0 Å². The van der Waals surface area contributed by atoms with Crippen molar-refractivity contribution in [3.05, 3.63) is 90.7 Å². The molecule has 6 N–H and O–H groups in total. The normalized spacial score (nSPS) is 10.7. The Morgan fingerprint density at radius 3 is 1.73 bits per heavy atom. The lowest BCUT2D eigenvalue weighted by atomic mass is 10.0. The molecule has 0 unspecified atom stereocenters. The van der Waals surface area contributed by atoms with E-state index < -0.39 is 0 Å². The van der Waals surface area contributed by atoms with Gasteiger partial charge in [-0.3, -0.25) is 4.98 Å². The number of thiophene rings is 2. The molecule has 0 atom stereocenters. The van der Waals surface area contributed by atoms with Crippen LogP contribution in [0.3, 0.4) is 0 Å². The molecular formula is C44H50FN9S5. The maximum absolute atomic E-state index is 13.5. The third-order valence-corrected chi connectivity index (χ3v) is 14.3. The number of thiazole rings is 1. The molecule has 15 heteroatoms. The maximum Gasteiger partial charge on any atom is 0.219 e. The van der Waals surface area contributed by atoms with Crippen molar-refractivity contribution in [2.24, 2.45) is 0 Å². The lowest BCUT2D eigenvalue weighted by Gasteiger charge is -2.09. The standard InChI is InChI=1S/C21H20FN5S2.C19H18N4S3.2C2H6/c1-2-3-8-28-20-18(23)17-15(12-4-6-14(22)7-5-12)9-16(27-19(17)29-20)13-10-25-21(24)26-11-13;1-2-3-8-25-19-16(20)15-13(17-22-7-9-24-17)10-14(23-18(15)26-19)12-5-4-6-21-11-12;2*1-2/h4-7,9-11H,2-3,8,23H2,1H3,(H2,24,25,26);4-7,9-11H,2-3,8,20H2,1H3;2*1-2H3. The van der Waals surface area contributed by atoms with Crippen LogP contribution >= 0.6 is 57.5 Å². The summed E-state index contributed by atoms with van der Waals surface area (Å²) in [6.07, 6.45) is 13.4. The number of nitrogens with two attached hydrogens (primary N) is 3. The van der Waals surface area contributed by atoms with E-state index in [9.17, 15) is 4.39 Å². The van der Waals surface area contributed by atoms with Gasteiger partial charge in [0.2, 0.25) is 5.95 Å². The first kappa shape index (κ1) is 45.4. The van der Waals surface area contributed by atoms with E-state index in [1.54, 1.807) is 76.5 Å². The summed E-state index contributed by atoms with van der Waals surface area (Å²) < 4.78 is 15.7. The average Bonchev–Trinajstić information content (AvgIpc) is 4.01. The minimum Gasteiger partial charge on any atom is -0.397 e. The number of pyridine rings is 3. The average molecular weight is 884 g/mol. The number of hydrogen-bond acceptors (Lipinski definition) is 14. The van der Waals surface area contributed by atoms with Crippen LogP contribution in [0.15, 0.2) is 93.3 Å². The van der Waals surface area contributed by atoms with Crippen LogP contribution in [0.2, 0.25) is 0 Å². The lowest BCUT2D eigenvalue weighted by Crippen LogP contribution is -1.95. The predicted octanol–water partition coefficient (Wildman–Crippen LogP) is 13.6. The number of benzene rings is 1. The fourth-order valence-corrected chi connectivity index (χ4v) is 11.3. The third-order valence-electron chi connectivity index (χ3n) is 8.53. The summed E-state index contributed by atoms with van der Waals surface area (Å²) in [5, 5.41) is 4.89. The highest BCUT2D eigenvalue weighted by Crippen LogP contribution is 2.47. The molecule has 0 saturated heterocycles. The van der Waals surface area contributed by atoms with E-state index in [0.29, 0.717) is 0 Å². The molecule has 59 heavy (non-hydrogen) atoms. The highest BCUT2D eigenvalue weighted by molar-refractivity contribution is 8.01. The van der Waals surface area contributed by atoms with Crippen molar-refractivity contribution in [1.82, 2.24) is 29.9 Å². The van der Waals surface area contributed by atoms with Gasteiger partial charge in [-0.05, 0) is 71.9 Å². The van der Waals surface area contributed by atoms with E-state index in [2.05, 4.69) is 39.8 Å². The Bertz CT molecular complexity index is 2510. The molecule has 9 nitrogen and oxygen atoms in total. The molecule has 0 spiro atoms. The molecule has 308 valence electrons. The number of rotatable bonds is 12. The van der Waals surface area contributed by atoms with Gasteiger partial charge in [0, 0.05) is 63.8 Å². The molecule has 1 aromatic carbocycles. The first-order valence-corrected chi connectivity index (χ1v) is 24.2. The molecule has 0 aliphatic rings.